The second-order valence-electron chi connectivity index (χ2n) is 5.69. The molecule has 3 rings (SSSR count). The fraction of sp³-hybridized carbons (Fsp3) is 0.211. The Morgan fingerprint density at radius 1 is 1.00 bits per heavy atom. The molecule has 0 saturated heterocycles. The molecule has 0 amide bonds. The van der Waals surface area contributed by atoms with Crippen LogP contribution in [0, 0.1) is 40.9 Å². The van der Waals surface area contributed by atoms with Gasteiger partial charge < -0.3 is 0 Å². The van der Waals surface area contributed by atoms with E-state index in [0.29, 0.717) is 5.56 Å². The molecule has 106 valence electrons. The zero-order valence-electron chi connectivity index (χ0n) is 12.2. The molecule has 0 spiro atoms. The van der Waals surface area contributed by atoms with E-state index in [2.05, 4.69) is 12.1 Å². The van der Waals surface area contributed by atoms with Gasteiger partial charge in [-0.05, 0) is 12.5 Å². The summed E-state index contributed by atoms with van der Waals surface area (Å²) in [6, 6.07) is 20.7. The van der Waals surface area contributed by atoms with Gasteiger partial charge in [-0.15, -0.1) is 0 Å². The van der Waals surface area contributed by atoms with E-state index in [1.54, 1.807) is 24.3 Å². The third-order valence-corrected chi connectivity index (χ3v) is 4.35. The molecular weight excluding hydrogens is 272 g/mol. The van der Waals surface area contributed by atoms with Gasteiger partial charge in [-0.2, -0.15) is 10.5 Å². The number of nitriles is 2. The van der Waals surface area contributed by atoms with Crippen LogP contribution in [0.15, 0.2) is 54.6 Å². The van der Waals surface area contributed by atoms with Crippen LogP contribution in [0.1, 0.15) is 27.4 Å². The van der Waals surface area contributed by atoms with Crippen molar-refractivity contribution in [3.63, 3.8) is 0 Å². The van der Waals surface area contributed by atoms with Gasteiger partial charge in [-0.3, -0.25) is 4.79 Å². The largest absolute Gasteiger partial charge is 0.294 e. The first-order valence-electron chi connectivity index (χ1n) is 7.12. The molecule has 1 aliphatic carbocycles. The van der Waals surface area contributed by atoms with Crippen molar-refractivity contribution in [3.05, 3.63) is 71.3 Å². The minimum Gasteiger partial charge on any atom is -0.294 e. The molecule has 0 radical (unpaired) electrons. The molecule has 0 aromatic heterocycles. The minimum absolute atomic E-state index is 0.130. The Balaban J connectivity index is 2.00. The first kappa shape index (κ1) is 14.0. The van der Waals surface area contributed by atoms with Gasteiger partial charge in [0.15, 0.2) is 11.2 Å². The van der Waals surface area contributed by atoms with E-state index in [4.69, 9.17) is 0 Å². The molecule has 2 atom stereocenters. The fourth-order valence-corrected chi connectivity index (χ4v) is 3.06. The maximum absolute atomic E-state index is 12.7. The third kappa shape index (κ3) is 2.00. The van der Waals surface area contributed by atoms with E-state index in [9.17, 15) is 15.3 Å². The Hall–Kier alpha value is -2.91. The van der Waals surface area contributed by atoms with Gasteiger partial charge in [0.25, 0.3) is 0 Å². The van der Waals surface area contributed by atoms with Gasteiger partial charge >= 0.3 is 0 Å². The number of ketones is 1. The van der Waals surface area contributed by atoms with E-state index in [0.717, 1.165) is 11.1 Å². The van der Waals surface area contributed by atoms with Gasteiger partial charge in [0.1, 0.15) is 0 Å². The number of carbonyl (C=O) groups excluding carboxylic acids is 1. The van der Waals surface area contributed by atoms with Gasteiger partial charge in [-0.1, -0.05) is 60.2 Å². The summed E-state index contributed by atoms with van der Waals surface area (Å²) in [7, 11) is 0. The van der Waals surface area contributed by atoms with Crippen LogP contribution < -0.4 is 0 Å². The lowest BCUT2D eigenvalue weighted by atomic mass is 10.0. The summed E-state index contributed by atoms with van der Waals surface area (Å²) in [5.74, 6) is -1.07. The van der Waals surface area contributed by atoms with Crippen molar-refractivity contribution >= 4 is 5.78 Å². The second kappa shape index (κ2) is 5.13. The lowest BCUT2D eigenvalue weighted by Crippen LogP contribution is -2.08. The molecule has 0 heterocycles. The van der Waals surface area contributed by atoms with E-state index in [1.807, 2.05) is 37.3 Å². The molecule has 0 N–H and O–H groups in total. The molecular formula is C19H14N2O. The van der Waals surface area contributed by atoms with E-state index >= 15 is 0 Å². The molecule has 3 heteroatoms. The highest BCUT2D eigenvalue weighted by Crippen LogP contribution is 2.65. The monoisotopic (exact) mass is 286 g/mol. The molecule has 1 saturated carbocycles. The highest BCUT2D eigenvalue weighted by molar-refractivity contribution is 6.02. The normalized spacial score (nSPS) is 21.4. The van der Waals surface area contributed by atoms with Crippen molar-refractivity contribution in [1.29, 1.82) is 10.5 Å². The van der Waals surface area contributed by atoms with Crippen LogP contribution in [-0.4, -0.2) is 5.78 Å². The number of rotatable bonds is 3. The first-order valence-corrected chi connectivity index (χ1v) is 7.12. The van der Waals surface area contributed by atoms with Crippen LogP contribution in [0.3, 0.4) is 0 Å². The first-order chi connectivity index (χ1) is 10.6. The van der Waals surface area contributed by atoms with Crippen LogP contribution in [0.2, 0.25) is 0 Å². The highest BCUT2D eigenvalue weighted by Gasteiger charge is 2.70. The summed E-state index contributed by atoms with van der Waals surface area (Å²) in [5, 5.41) is 19.0. The standard InChI is InChI=1S/C19H14N2O/c1-13-7-9-14(10-8-13)16-17(19(16,11-20)12-21)18(22)15-5-3-2-4-6-15/h2-10,16-17H,1H3/t16-,17-/m0/s1. The van der Waals surface area contributed by atoms with Crippen LogP contribution in [0.25, 0.3) is 0 Å². The summed E-state index contributed by atoms with van der Waals surface area (Å²) in [5.41, 5.74) is 1.29. The van der Waals surface area contributed by atoms with Crippen LogP contribution in [0.4, 0.5) is 0 Å². The highest BCUT2D eigenvalue weighted by atomic mass is 16.1. The molecule has 1 fully saturated rings. The maximum atomic E-state index is 12.7. The average Bonchev–Trinajstić information content (AvgIpc) is 3.25. The van der Waals surface area contributed by atoms with Gasteiger partial charge in [0.05, 0.1) is 18.1 Å². The maximum Gasteiger partial charge on any atom is 0.169 e. The van der Waals surface area contributed by atoms with Crippen molar-refractivity contribution in [2.45, 2.75) is 12.8 Å². The lowest BCUT2D eigenvalue weighted by Gasteiger charge is -2.01. The SMILES string of the molecule is Cc1ccc([C@H]2[C@@H](C(=O)c3ccccc3)C2(C#N)C#N)cc1. The molecule has 3 nitrogen and oxygen atoms in total. The van der Waals surface area contributed by atoms with Crippen molar-refractivity contribution in [1.82, 2.24) is 0 Å². The molecule has 22 heavy (non-hydrogen) atoms. The van der Waals surface area contributed by atoms with Crippen molar-refractivity contribution in [2.24, 2.45) is 11.3 Å². The quantitative estimate of drug-likeness (QED) is 0.809. The van der Waals surface area contributed by atoms with Crippen LogP contribution in [-0.2, 0) is 0 Å². The summed E-state index contributed by atoms with van der Waals surface area (Å²) in [4.78, 5) is 12.7. The molecule has 2 aromatic carbocycles. The van der Waals surface area contributed by atoms with Crippen LogP contribution in [0.5, 0.6) is 0 Å². The number of Topliss-reactive ketones (excluding diaryl/α,β-unsaturated/α-hetero) is 1. The summed E-state index contributed by atoms with van der Waals surface area (Å²) in [6.07, 6.45) is 0. The fourth-order valence-electron chi connectivity index (χ4n) is 3.06. The van der Waals surface area contributed by atoms with Gasteiger partial charge in [0, 0.05) is 11.5 Å². The zero-order chi connectivity index (χ0) is 15.7. The Bertz CT molecular complexity index is 780. The van der Waals surface area contributed by atoms with E-state index in [-0.39, 0.29) is 11.7 Å². The predicted octanol–water partition coefficient (Wildman–Crippen LogP) is 3.62. The molecule has 2 aromatic rings. The number of hydrogen-bond acceptors (Lipinski definition) is 3. The summed E-state index contributed by atoms with van der Waals surface area (Å²) >= 11 is 0. The zero-order valence-corrected chi connectivity index (χ0v) is 12.2. The summed E-state index contributed by atoms with van der Waals surface area (Å²) in [6.45, 7) is 1.98. The average molecular weight is 286 g/mol. The number of carbonyl (C=O) groups is 1. The predicted molar refractivity (Wildman–Crippen MR) is 81.8 cm³/mol. The topological polar surface area (TPSA) is 64.7 Å². The number of nitrogens with zero attached hydrogens (tertiary/aromatic N) is 2. The molecule has 0 unspecified atom stereocenters. The van der Waals surface area contributed by atoms with E-state index in [1.165, 1.54) is 0 Å². The minimum atomic E-state index is -1.25. The Morgan fingerprint density at radius 2 is 1.59 bits per heavy atom. The molecule has 0 aliphatic heterocycles. The second-order valence-corrected chi connectivity index (χ2v) is 5.69. The number of hydrogen-bond donors (Lipinski definition) is 0. The Labute approximate surface area is 129 Å². The van der Waals surface area contributed by atoms with Gasteiger partial charge in [-0.25, -0.2) is 0 Å². The third-order valence-electron chi connectivity index (χ3n) is 4.35. The molecule has 0 bridgehead atoms. The number of benzene rings is 2. The van der Waals surface area contributed by atoms with Crippen molar-refractivity contribution in [2.75, 3.05) is 0 Å². The summed E-state index contributed by atoms with van der Waals surface area (Å²) < 4.78 is 0. The van der Waals surface area contributed by atoms with Crippen molar-refractivity contribution < 1.29 is 4.79 Å². The lowest BCUT2D eigenvalue weighted by molar-refractivity contribution is 0.0958. The van der Waals surface area contributed by atoms with Crippen molar-refractivity contribution in [3.8, 4) is 12.1 Å². The Kier molecular flexibility index (Phi) is 3.28. The molecule has 1 aliphatic rings. The smallest absolute Gasteiger partial charge is 0.169 e. The van der Waals surface area contributed by atoms with E-state index < -0.39 is 11.3 Å². The number of aryl methyl sites for hydroxylation is 1. The van der Waals surface area contributed by atoms with Crippen LogP contribution >= 0.6 is 0 Å². The Morgan fingerprint density at radius 3 is 2.14 bits per heavy atom. The van der Waals surface area contributed by atoms with Gasteiger partial charge in [0.2, 0.25) is 0 Å².